The number of carboxylic acid groups (broad SMARTS) is 1. The largest absolute Gasteiger partial charge is 0.481 e. The van der Waals surface area contributed by atoms with E-state index in [0.717, 1.165) is 38.4 Å². The number of fused-ring (bicyclic) bond motifs is 1. The Hall–Kier alpha value is -2.25. The van der Waals surface area contributed by atoms with Crippen molar-refractivity contribution in [1.82, 2.24) is 19.9 Å². The lowest BCUT2D eigenvalue weighted by Gasteiger charge is -2.15. The molecule has 3 rings (SSSR count). The van der Waals surface area contributed by atoms with E-state index in [4.69, 9.17) is 9.90 Å². The molecule has 1 aliphatic rings. The average molecular weight is 267 g/mol. The Morgan fingerprint density at radius 3 is 2.68 bits per heavy atom. The van der Waals surface area contributed by atoms with Crippen LogP contribution in [0.5, 0.6) is 0 Å². The lowest BCUT2D eigenvalue weighted by Crippen LogP contribution is -2.20. The first-order chi connectivity index (χ1) is 9.08. The Morgan fingerprint density at radius 1 is 1.42 bits per heavy atom. The summed E-state index contributed by atoms with van der Waals surface area (Å²) in [5, 5.41) is 7.42. The van der Waals surface area contributed by atoms with Gasteiger partial charge in [0.25, 0.3) is 5.97 Å². The van der Waals surface area contributed by atoms with E-state index in [-0.39, 0.29) is 0 Å². The Balaban J connectivity index is 0.000000297. The number of aliphatic carboxylic acids is 1. The minimum Gasteiger partial charge on any atom is -0.481 e. The van der Waals surface area contributed by atoms with E-state index >= 15 is 0 Å². The molecule has 0 atom stereocenters. The monoisotopic (exact) mass is 267 g/mol. The number of carbonyl (C=O) groups is 1. The Bertz CT molecular complexity index is 575. The van der Waals surface area contributed by atoms with Crippen LogP contribution in [-0.4, -0.2) is 44.1 Å². The Morgan fingerprint density at radius 2 is 2.05 bits per heavy atom. The van der Waals surface area contributed by atoms with Crippen LogP contribution in [0.3, 0.4) is 0 Å². The molecule has 3 heterocycles. The second-order valence-electron chi connectivity index (χ2n) is 4.13. The maximum Gasteiger partial charge on any atom is 0.312 e. The van der Waals surface area contributed by atoms with E-state index in [9.17, 15) is 4.39 Å². The van der Waals surface area contributed by atoms with Crippen LogP contribution in [0.4, 0.5) is 10.2 Å². The minimum absolute atomic E-state index is 0.393. The van der Waals surface area contributed by atoms with Crippen molar-refractivity contribution in [3.8, 4) is 0 Å². The molecule has 1 aliphatic heterocycles. The van der Waals surface area contributed by atoms with Crippen molar-refractivity contribution in [3.63, 3.8) is 0 Å². The Labute approximate surface area is 108 Å². The molecule has 19 heavy (non-hydrogen) atoms. The lowest BCUT2D eigenvalue weighted by molar-refractivity contribution is -0.134. The van der Waals surface area contributed by atoms with Crippen molar-refractivity contribution in [1.29, 1.82) is 0 Å². The fraction of sp³-hybridized carbons (Fsp3) is 0.455. The number of imidazole rings is 1. The highest BCUT2D eigenvalue weighted by molar-refractivity contribution is 5.82. The second kappa shape index (κ2) is 5.59. The first kappa shape index (κ1) is 13.2. The molecule has 102 valence electrons. The lowest BCUT2D eigenvalue weighted by atomic mass is 10.4. The maximum absolute atomic E-state index is 13.1. The zero-order valence-corrected chi connectivity index (χ0v) is 10.4. The van der Waals surface area contributed by atoms with Crippen molar-refractivity contribution < 1.29 is 14.3 Å². The molecule has 1 saturated heterocycles. The molecule has 0 aliphatic carbocycles. The number of rotatable bonds is 1. The smallest absolute Gasteiger partial charge is 0.312 e. The number of carboxylic acids is 1. The molecule has 0 spiro atoms. The van der Waals surface area contributed by atoms with E-state index in [1.165, 1.54) is 6.33 Å². The van der Waals surface area contributed by atoms with Gasteiger partial charge in [-0.1, -0.05) is 0 Å². The van der Waals surface area contributed by atoms with Gasteiger partial charge >= 0.3 is 6.08 Å². The molecule has 0 amide bonds. The van der Waals surface area contributed by atoms with E-state index in [0.29, 0.717) is 11.5 Å². The SMILES string of the molecule is CC(=O)O.Fc1nc(N2CCCC2)c2[nH]cnc2n1. The normalized spacial score (nSPS) is 14.3. The highest BCUT2D eigenvalue weighted by atomic mass is 19.1. The van der Waals surface area contributed by atoms with Crippen molar-refractivity contribution >= 4 is 23.0 Å². The number of anilines is 1. The van der Waals surface area contributed by atoms with Gasteiger partial charge in [0, 0.05) is 20.0 Å². The number of aromatic amines is 1. The molecule has 0 unspecified atom stereocenters. The summed E-state index contributed by atoms with van der Waals surface area (Å²) in [4.78, 5) is 25.4. The summed E-state index contributed by atoms with van der Waals surface area (Å²) in [6, 6.07) is 0. The average Bonchev–Trinajstić information content (AvgIpc) is 2.97. The highest BCUT2D eigenvalue weighted by Gasteiger charge is 2.19. The number of halogens is 1. The third kappa shape index (κ3) is 3.15. The first-order valence-electron chi connectivity index (χ1n) is 5.89. The molecule has 7 nitrogen and oxygen atoms in total. The number of hydrogen-bond acceptors (Lipinski definition) is 5. The predicted octanol–water partition coefficient (Wildman–Crippen LogP) is 1.18. The summed E-state index contributed by atoms with van der Waals surface area (Å²) in [6.07, 6.45) is 3.05. The number of H-pyrrole nitrogens is 1. The molecule has 8 heteroatoms. The number of aromatic nitrogens is 4. The van der Waals surface area contributed by atoms with Crippen LogP contribution in [0.1, 0.15) is 19.8 Å². The van der Waals surface area contributed by atoms with Gasteiger partial charge in [-0.15, -0.1) is 0 Å². The predicted molar refractivity (Wildman–Crippen MR) is 66.4 cm³/mol. The molecule has 2 aromatic heterocycles. The number of nitrogens with one attached hydrogen (secondary N) is 1. The fourth-order valence-electron chi connectivity index (χ4n) is 1.95. The van der Waals surface area contributed by atoms with Crippen LogP contribution in [0.25, 0.3) is 11.2 Å². The van der Waals surface area contributed by atoms with Gasteiger partial charge in [-0.2, -0.15) is 14.4 Å². The number of nitrogens with zero attached hydrogens (tertiary/aromatic N) is 4. The van der Waals surface area contributed by atoms with E-state index in [2.05, 4.69) is 24.8 Å². The van der Waals surface area contributed by atoms with Crippen LogP contribution in [-0.2, 0) is 4.79 Å². The second-order valence-corrected chi connectivity index (χ2v) is 4.13. The molecular formula is C11H14FN5O2. The number of hydrogen-bond donors (Lipinski definition) is 2. The van der Waals surface area contributed by atoms with E-state index < -0.39 is 12.0 Å². The summed E-state index contributed by atoms with van der Waals surface area (Å²) in [6.45, 7) is 2.93. The van der Waals surface area contributed by atoms with Crippen LogP contribution in [0.2, 0.25) is 0 Å². The summed E-state index contributed by atoms with van der Waals surface area (Å²) in [7, 11) is 0. The van der Waals surface area contributed by atoms with Crippen molar-refractivity contribution in [2.24, 2.45) is 0 Å². The molecule has 0 bridgehead atoms. The maximum atomic E-state index is 13.1. The van der Waals surface area contributed by atoms with Crippen molar-refractivity contribution in [2.75, 3.05) is 18.0 Å². The molecular weight excluding hydrogens is 253 g/mol. The summed E-state index contributed by atoms with van der Waals surface area (Å²) < 4.78 is 13.1. The highest BCUT2D eigenvalue weighted by Crippen LogP contribution is 2.23. The molecule has 0 saturated carbocycles. The third-order valence-corrected chi connectivity index (χ3v) is 2.64. The van der Waals surface area contributed by atoms with Gasteiger partial charge in [0.05, 0.1) is 6.33 Å². The third-order valence-electron chi connectivity index (χ3n) is 2.64. The molecule has 0 aromatic carbocycles. The zero-order valence-electron chi connectivity index (χ0n) is 10.4. The summed E-state index contributed by atoms with van der Waals surface area (Å²) in [5.41, 5.74) is 1.11. The van der Waals surface area contributed by atoms with Crippen LogP contribution < -0.4 is 4.90 Å². The molecule has 2 aromatic rings. The van der Waals surface area contributed by atoms with Crippen molar-refractivity contribution in [3.05, 3.63) is 12.4 Å². The fourth-order valence-corrected chi connectivity index (χ4v) is 1.95. The van der Waals surface area contributed by atoms with Gasteiger partial charge < -0.3 is 15.0 Å². The van der Waals surface area contributed by atoms with Gasteiger partial charge in [0.15, 0.2) is 11.5 Å². The van der Waals surface area contributed by atoms with E-state index in [1.807, 2.05) is 0 Å². The Kier molecular flexibility index (Phi) is 3.88. The molecule has 0 radical (unpaired) electrons. The van der Waals surface area contributed by atoms with Gasteiger partial charge in [-0.05, 0) is 12.8 Å². The van der Waals surface area contributed by atoms with Crippen LogP contribution >= 0.6 is 0 Å². The standard InChI is InChI=1S/C9H10FN5.C2H4O2/c10-9-13-7-6(11-5-12-7)8(14-9)15-3-1-2-4-15;1-2(3)4/h5H,1-4H2,(H,11,12,13,14);1H3,(H,3,4). The zero-order chi connectivity index (χ0) is 13.8. The van der Waals surface area contributed by atoms with E-state index in [1.54, 1.807) is 0 Å². The topological polar surface area (TPSA) is 95.0 Å². The van der Waals surface area contributed by atoms with Crippen molar-refractivity contribution in [2.45, 2.75) is 19.8 Å². The van der Waals surface area contributed by atoms with Gasteiger partial charge in [0.1, 0.15) is 5.52 Å². The van der Waals surface area contributed by atoms with Gasteiger partial charge in [-0.3, -0.25) is 4.79 Å². The minimum atomic E-state index is -0.833. The summed E-state index contributed by atoms with van der Waals surface area (Å²) >= 11 is 0. The summed E-state index contributed by atoms with van der Waals surface area (Å²) in [5.74, 6) is -0.201. The molecule has 1 fully saturated rings. The van der Waals surface area contributed by atoms with Crippen LogP contribution in [0.15, 0.2) is 6.33 Å². The van der Waals surface area contributed by atoms with Crippen LogP contribution in [0, 0.1) is 6.08 Å². The van der Waals surface area contributed by atoms with Gasteiger partial charge in [0.2, 0.25) is 0 Å². The quantitative estimate of drug-likeness (QED) is 0.753. The first-order valence-corrected chi connectivity index (χ1v) is 5.89. The molecule has 2 N–H and O–H groups in total. The van der Waals surface area contributed by atoms with Gasteiger partial charge in [-0.25, -0.2) is 4.98 Å².